The fourth-order valence-electron chi connectivity index (χ4n) is 7.72. The predicted octanol–water partition coefficient (Wildman–Crippen LogP) is 10.8. The molecule has 1 aliphatic rings. The van der Waals surface area contributed by atoms with E-state index in [1.165, 1.54) is 154 Å². The molecule has 1 heterocycles. The number of allylic oxidation sites excluding steroid dienone is 5. The quantitative estimate of drug-likeness (QED) is 0.0263. The molecule has 0 saturated carbocycles. The van der Waals surface area contributed by atoms with Crippen molar-refractivity contribution in [3.05, 3.63) is 36.5 Å². The van der Waals surface area contributed by atoms with Crippen LogP contribution in [0.15, 0.2) is 36.5 Å². The molecular weight excluding hydrogens is 743 g/mol. The minimum atomic E-state index is -1.56. The Hall–Kier alpha value is -1.59. The summed E-state index contributed by atoms with van der Waals surface area (Å²) in [4.78, 5) is 13.0. The average Bonchev–Trinajstić information content (AvgIpc) is 3.23. The average molecular weight is 836 g/mol. The van der Waals surface area contributed by atoms with Crippen molar-refractivity contribution in [2.24, 2.45) is 0 Å². The van der Waals surface area contributed by atoms with Crippen LogP contribution in [0.4, 0.5) is 0 Å². The number of carbonyl (C=O) groups is 1. The number of nitrogens with one attached hydrogen (secondary N) is 1. The van der Waals surface area contributed by atoms with Gasteiger partial charge in [-0.15, -0.1) is 0 Å². The van der Waals surface area contributed by atoms with Gasteiger partial charge in [-0.1, -0.05) is 198 Å². The van der Waals surface area contributed by atoms with Gasteiger partial charge in [0.2, 0.25) is 5.91 Å². The molecule has 6 N–H and O–H groups in total. The molecule has 0 aromatic heterocycles. The lowest BCUT2D eigenvalue weighted by atomic mass is 9.99. The highest BCUT2D eigenvalue weighted by molar-refractivity contribution is 5.76. The van der Waals surface area contributed by atoms with E-state index in [4.69, 9.17) is 9.47 Å². The summed E-state index contributed by atoms with van der Waals surface area (Å²) in [6, 6.07) is -0.802. The van der Waals surface area contributed by atoms with E-state index in [1.807, 2.05) is 6.08 Å². The van der Waals surface area contributed by atoms with Crippen molar-refractivity contribution < 1.29 is 39.8 Å². The lowest BCUT2D eigenvalue weighted by Crippen LogP contribution is -2.60. The number of unbranched alkanes of at least 4 members (excludes halogenated alkanes) is 27. The standard InChI is InChI=1S/C50H93NO8/c1-3-5-7-9-11-13-15-16-17-18-19-20-21-22-23-24-25-26-27-28-30-32-34-36-38-40-46(54)51-43(42-58-50-49(57)48(56)47(55)45(41-52)59-50)44(53)39-37-35-33-31-29-14-12-10-8-6-4-2/h15-16,18-19,37,39,43-45,47-50,52-53,55-57H,3-14,17,20-36,38,40-42H2,1-2H3,(H,51,54)/b16-15-,19-18-,39-37+. The van der Waals surface area contributed by atoms with Crippen LogP contribution >= 0.6 is 0 Å². The summed E-state index contributed by atoms with van der Waals surface area (Å²) in [6.45, 7) is 3.75. The number of aliphatic hydroxyl groups is 5. The second-order valence-electron chi connectivity index (χ2n) is 17.3. The molecule has 0 spiro atoms. The third-order valence-electron chi connectivity index (χ3n) is 11.7. The number of hydrogen-bond acceptors (Lipinski definition) is 8. The van der Waals surface area contributed by atoms with Crippen LogP contribution in [0.3, 0.4) is 0 Å². The van der Waals surface area contributed by atoms with Crippen LogP contribution in [0.1, 0.15) is 219 Å². The van der Waals surface area contributed by atoms with E-state index in [1.54, 1.807) is 6.08 Å². The molecule has 7 atom stereocenters. The minimum absolute atomic E-state index is 0.179. The number of ether oxygens (including phenoxy) is 2. The second-order valence-corrected chi connectivity index (χ2v) is 17.3. The van der Waals surface area contributed by atoms with Crippen molar-refractivity contribution in [1.29, 1.82) is 0 Å². The molecule has 7 unspecified atom stereocenters. The molecule has 1 fully saturated rings. The van der Waals surface area contributed by atoms with E-state index < -0.39 is 49.5 Å². The number of aliphatic hydroxyl groups excluding tert-OH is 5. The Bertz CT molecular complexity index is 1020. The molecule has 0 aromatic rings. The summed E-state index contributed by atoms with van der Waals surface area (Å²) in [5.74, 6) is -0.179. The van der Waals surface area contributed by atoms with Crippen molar-refractivity contribution in [2.45, 2.75) is 262 Å². The normalized spacial score (nSPS) is 21.0. The van der Waals surface area contributed by atoms with Gasteiger partial charge in [0, 0.05) is 6.42 Å². The van der Waals surface area contributed by atoms with Gasteiger partial charge in [-0.2, -0.15) is 0 Å². The second kappa shape index (κ2) is 40.5. The molecule has 1 rings (SSSR count). The highest BCUT2D eigenvalue weighted by Crippen LogP contribution is 2.23. The Kier molecular flexibility index (Phi) is 38.0. The zero-order valence-electron chi connectivity index (χ0n) is 38.0. The molecule has 0 aliphatic carbocycles. The minimum Gasteiger partial charge on any atom is -0.394 e. The lowest BCUT2D eigenvalue weighted by Gasteiger charge is -2.40. The zero-order chi connectivity index (χ0) is 43.0. The molecule has 1 aliphatic heterocycles. The third kappa shape index (κ3) is 31.0. The van der Waals surface area contributed by atoms with Crippen molar-refractivity contribution in [2.75, 3.05) is 13.2 Å². The molecule has 346 valence electrons. The molecular formula is C50H93NO8. The maximum Gasteiger partial charge on any atom is 0.220 e. The van der Waals surface area contributed by atoms with E-state index in [-0.39, 0.29) is 12.5 Å². The van der Waals surface area contributed by atoms with Gasteiger partial charge >= 0.3 is 0 Å². The summed E-state index contributed by atoms with van der Waals surface area (Å²) in [5.41, 5.74) is 0. The first-order valence-electron chi connectivity index (χ1n) is 24.7. The number of rotatable bonds is 41. The highest BCUT2D eigenvalue weighted by Gasteiger charge is 2.44. The van der Waals surface area contributed by atoms with E-state index in [2.05, 4.69) is 43.5 Å². The van der Waals surface area contributed by atoms with Gasteiger partial charge in [0.05, 0.1) is 25.4 Å². The highest BCUT2D eigenvalue weighted by atomic mass is 16.7. The Morgan fingerprint density at radius 2 is 1.00 bits per heavy atom. The summed E-state index contributed by atoms with van der Waals surface area (Å²) in [5, 5.41) is 54.2. The van der Waals surface area contributed by atoms with Gasteiger partial charge in [0.15, 0.2) is 6.29 Å². The van der Waals surface area contributed by atoms with Crippen molar-refractivity contribution in [1.82, 2.24) is 5.32 Å². The number of amides is 1. The van der Waals surface area contributed by atoms with Crippen LogP contribution in [-0.2, 0) is 14.3 Å². The first-order chi connectivity index (χ1) is 28.8. The van der Waals surface area contributed by atoms with Gasteiger partial charge < -0.3 is 40.3 Å². The van der Waals surface area contributed by atoms with Crippen LogP contribution in [0.2, 0.25) is 0 Å². The van der Waals surface area contributed by atoms with Gasteiger partial charge in [0.25, 0.3) is 0 Å². The number of hydrogen-bond donors (Lipinski definition) is 6. The Labute approximate surface area is 361 Å². The Morgan fingerprint density at radius 1 is 0.576 bits per heavy atom. The smallest absolute Gasteiger partial charge is 0.220 e. The van der Waals surface area contributed by atoms with Crippen LogP contribution in [-0.4, -0.2) is 87.5 Å². The molecule has 59 heavy (non-hydrogen) atoms. The molecule has 9 heteroatoms. The van der Waals surface area contributed by atoms with Gasteiger partial charge in [-0.3, -0.25) is 4.79 Å². The SMILES string of the molecule is CCCCCCC/C=C\C/C=C\CCCCCCCCCCCCCCCC(=O)NC(COC1OC(CO)C(O)C(O)C1O)C(O)/C=C/CCCCCCCCCCC. The lowest BCUT2D eigenvalue weighted by molar-refractivity contribution is -0.302. The molecule has 9 nitrogen and oxygen atoms in total. The fraction of sp³-hybridized carbons (Fsp3) is 0.860. The third-order valence-corrected chi connectivity index (χ3v) is 11.7. The topological polar surface area (TPSA) is 149 Å². The first-order valence-corrected chi connectivity index (χ1v) is 24.7. The number of carbonyl (C=O) groups excluding carboxylic acids is 1. The first kappa shape index (κ1) is 55.4. The summed E-state index contributed by atoms with van der Waals surface area (Å²) in [7, 11) is 0. The van der Waals surface area contributed by atoms with E-state index in [0.717, 1.165) is 44.9 Å². The predicted molar refractivity (Wildman–Crippen MR) is 244 cm³/mol. The molecule has 1 saturated heterocycles. The fourth-order valence-corrected chi connectivity index (χ4v) is 7.72. The van der Waals surface area contributed by atoms with Crippen LogP contribution in [0.25, 0.3) is 0 Å². The summed E-state index contributed by atoms with van der Waals surface area (Å²) >= 11 is 0. The zero-order valence-corrected chi connectivity index (χ0v) is 38.0. The largest absolute Gasteiger partial charge is 0.394 e. The molecule has 0 radical (unpaired) electrons. The summed E-state index contributed by atoms with van der Waals surface area (Å²) < 4.78 is 11.2. The molecule has 1 amide bonds. The van der Waals surface area contributed by atoms with Crippen molar-refractivity contribution in [3.63, 3.8) is 0 Å². The van der Waals surface area contributed by atoms with Gasteiger partial charge in [-0.25, -0.2) is 0 Å². The van der Waals surface area contributed by atoms with Crippen LogP contribution in [0.5, 0.6) is 0 Å². The summed E-state index contributed by atoms with van der Waals surface area (Å²) in [6.07, 6.45) is 43.4. The van der Waals surface area contributed by atoms with Crippen molar-refractivity contribution >= 4 is 5.91 Å². The molecule has 0 bridgehead atoms. The maximum atomic E-state index is 13.0. The Balaban J connectivity index is 2.23. The van der Waals surface area contributed by atoms with Crippen LogP contribution < -0.4 is 5.32 Å². The van der Waals surface area contributed by atoms with E-state index in [9.17, 15) is 30.3 Å². The monoisotopic (exact) mass is 836 g/mol. The van der Waals surface area contributed by atoms with Crippen LogP contribution in [0, 0.1) is 0 Å². The van der Waals surface area contributed by atoms with Crippen molar-refractivity contribution in [3.8, 4) is 0 Å². The maximum absolute atomic E-state index is 13.0. The molecule has 0 aromatic carbocycles. The van der Waals surface area contributed by atoms with Gasteiger partial charge in [0.1, 0.15) is 24.4 Å². The Morgan fingerprint density at radius 3 is 1.46 bits per heavy atom. The van der Waals surface area contributed by atoms with Gasteiger partial charge in [-0.05, 0) is 51.4 Å². The van der Waals surface area contributed by atoms with E-state index in [0.29, 0.717) is 6.42 Å². The van der Waals surface area contributed by atoms with E-state index >= 15 is 0 Å².